The van der Waals surface area contributed by atoms with Crippen LogP contribution in [0, 0.1) is 11.6 Å². The molecule has 0 aliphatic carbocycles. The van der Waals surface area contributed by atoms with Gasteiger partial charge in [0.1, 0.15) is 11.6 Å². The number of benzene rings is 1. The van der Waals surface area contributed by atoms with Gasteiger partial charge in [0.15, 0.2) is 0 Å². The van der Waals surface area contributed by atoms with E-state index in [0.29, 0.717) is 24.8 Å². The molecule has 1 amide bonds. The molecule has 1 aliphatic rings. The van der Waals surface area contributed by atoms with E-state index >= 15 is 0 Å². The summed E-state index contributed by atoms with van der Waals surface area (Å²) in [4.78, 5) is 13.9. The number of nitrogens with zero attached hydrogens (tertiary/aromatic N) is 1. The van der Waals surface area contributed by atoms with E-state index in [9.17, 15) is 13.6 Å². The zero-order valence-electron chi connectivity index (χ0n) is 11.8. The normalized spacial score (nSPS) is 24.1. The fraction of sp³-hybridized carbons (Fsp3) is 0.533. The smallest absolute Gasteiger partial charge is 0.223 e. The van der Waals surface area contributed by atoms with Crippen LogP contribution in [0.1, 0.15) is 44.7 Å². The first-order valence-electron chi connectivity index (χ1n) is 6.93. The molecule has 2 N–H and O–H groups in total. The topological polar surface area (TPSA) is 46.3 Å². The highest BCUT2D eigenvalue weighted by atomic mass is 19.1. The van der Waals surface area contributed by atoms with E-state index in [0.717, 1.165) is 6.07 Å². The van der Waals surface area contributed by atoms with Crippen molar-refractivity contribution in [3.63, 3.8) is 0 Å². The van der Waals surface area contributed by atoms with Crippen LogP contribution in [0.3, 0.4) is 0 Å². The summed E-state index contributed by atoms with van der Waals surface area (Å²) in [5.41, 5.74) is 6.59. The predicted molar refractivity (Wildman–Crippen MR) is 72.9 cm³/mol. The largest absolute Gasteiger partial charge is 0.332 e. The number of hydrogen-bond donors (Lipinski definition) is 1. The van der Waals surface area contributed by atoms with E-state index < -0.39 is 17.7 Å². The van der Waals surface area contributed by atoms with Crippen molar-refractivity contribution < 1.29 is 13.6 Å². The second kappa shape index (κ2) is 5.87. The zero-order valence-corrected chi connectivity index (χ0v) is 11.8. The van der Waals surface area contributed by atoms with E-state index in [-0.39, 0.29) is 18.0 Å². The second-order valence-corrected chi connectivity index (χ2v) is 5.60. The molecule has 2 rings (SSSR count). The molecular weight excluding hydrogens is 262 g/mol. The molecule has 110 valence electrons. The Hall–Kier alpha value is -1.49. The molecule has 2 atom stereocenters. The molecule has 1 aromatic rings. The minimum atomic E-state index is -0.646. The minimum Gasteiger partial charge on any atom is -0.332 e. The molecule has 0 saturated carbocycles. The lowest BCUT2D eigenvalue weighted by Crippen LogP contribution is -2.45. The number of amides is 1. The molecule has 0 radical (unpaired) electrons. The third-order valence-electron chi connectivity index (χ3n) is 3.70. The Morgan fingerprint density at radius 3 is 2.40 bits per heavy atom. The van der Waals surface area contributed by atoms with Crippen molar-refractivity contribution in [1.29, 1.82) is 0 Å². The van der Waals surface area contributed by atoms with Gasteiger partial charge in [0.05, 0.1) is 6.04 Å². The van der Waals surface area contributed by atoms with Gasteiger partial charge in [-0.3, -0.25) is 4.79 Å². The third kappa shape index (κ3) is 2.98. The third-order valence-corrected chi connectivity index (χ3v) is 3.70. The van der Waals surface area contributed by atoms with E-state index in [2.05, 4.69) is 0 Å². The lowest BCUT2D eigenvalue weighted by molar-refractivity contribution is -0.135. The maximum absolute atomic E-state index is 13.5. The summed E-state index contributed by atoms with van der Waals surface area (Å²) < 4.78 is 26.9. The quantitative estimate of drug-likeness (QED) is 0.906. The second-order valence-electron chi connectivity index (χ2n) is 5.60. The van der Waals surface area contributed by atoms with Crippen molar-refractivity contribution >= 4 is 5.91 Å². The van der Waals surface area contributed by atoms with Gasteiger partial charge < -0.3 is 10.6 Å². The van der Waals surface area contributed by atoms with Crippen molar-refractivity contribution in [2.24, 2.45) is 5.73 Å². The Morgan fingerprint density at radius 1 is 1.25 bits per heavy atom. The zero-order chi connectivity index (χ0) is 14.9. The van der Waals surface area contributed by atoms with Gasteiger partial charge in [-0.05, 0) is 44.4 Å². The van der Waals surface area contributed by atoms with Crippen LogP contribution in [-0.2, 0) is 4.79 Å². The minimum absolute atomic E-state index is 0.0115. The van der Waals surface area contributed by atoms with Crippen LogP contribution in [0.15, 0.2) is 18.2 Å². The first-order valence-corrected chi connectivity index (χ1v) is 6.93. The number of carbonyl (C=O) groups excluding carboxylic acids is 1. The van der Waals surface area contributed by atoms with Crippen molar-refractivity contribution in [3.8, 4) is 0 Å². The first kappa shape index (κ1) is 14.9. The van der Waals surface area contributed by atoms with Gasteiger partial charge in [-0.1, -0.05) is 0 Å². The molecule has 3 nitrogen and oxygen atoms in total. The molecule has 20 heavy (non-hydrogen) atoms. The lowest BCUT2D eigenvalue weighted by Gasteiger charge is -2.37. The number of rotatable bonds is 2. The maximum Gasteiger partial charge on any atom is 0.223 e. The molecule has 0 spiro atoms. The van der Waals surface area contributed by atoms with E-state index in [1.165, 1.54) is 12.1 Å². The van der Waals surface area contributed by atoms with Crippen molar-refractivity contribution in [1.82, 2.24) is 4.90 Å². The number of halogens is 2. The van der Waals surface area contributed by atoms with Crippen molar-refractivity contribution in [2.45, 2.75) is 51.2 Å². The molecular formula is C15H20F2N2O. The summed E-state index contributed by atoms with van der Waals surface area (Å²) in [7, 11) is 0. The standard InChI is InChI=1S/C15H20F2N2O/c1-9(2)19-14(20)5-3-4-13(18)15(19)10-6-11(16)8-12(17)7-10/h6-9,13,15H,3-5,18H2,1-2H3. The van der Waals surface area contributed by atoms with Gasteiger partial charge in [0.2, 0.25) is 5.91 Å². The molecule has 1 aromatic carbocycles. The highest BCUT2D eigenvalue weighted by molar-refractivity contribution is 5.77. The summed E-state index contributed by atoms with van der Waals surface area (Å²) in [6, 6.07) is 2.50. The lowest BCUT2D eigenvalue weighted by atomic mass is 9.95. The average molecular weight is 282 g/mol. The monoisotopic (exact) mass is 282 g/mol. The highest BCUT2D eigenvalue weighted by Gasteiger charge is 2.34. The first-order chi connectivity index (χ1) is 9.40. The average Bonchev–Trinajstić information content (AvgIpc) is 2.47. The summed E-state index contributed by atoms with van der Waals surface area (Å²) >= 11 is 0. The van der Waals surface area contributed by atoms with Crippen LogP contribution >= 0.6 is 0 Å². The van der Waals surface area contributed by atoms with Gasteiger partial charge in [0.25, 0.3) is 0 Å². The SMILES string of the molecule is CC(C)N1C(=O)CCCC(N)C1c1cc(F)cc(F)c1. The van der Waals surface area contributed by atoms with Crippen molar-refractivity contribution in [2.75, 3.05) is 0 Å². The van der Waals surface area contributed by atoms with E-state index in [1.807, 2.05) is 13.8 Å². The molecule has 0 bridgehead atoms. The van der Waals surface area contributed by atoms with Gasteiger partial charge in [-0.25, -0.2) is 8.78 Å². The Morgan fingerprint density at radius 2 is 1.85 bits per heavy atom. The maximum atomic E-state index is 13.5. The Kier molecular flexibility index (Phi) is 4.38. The highest BCUT2D eigenvalue weighted by Crippen LogP contribution is 2.32. The van der Waals surface area contributed by atoms with Gasteiger partial charge in [-0.15, -0.1) is 0 Å². The van der Waals surface area contributed by atoms with Crippen LogP contribution < -0.4 is 5.73 Å². The van der Waals surface area contributed by atoms with Crippen molar-refractivity contribution in [3.05, 3.63) is 35.4 Å². The van der Waals surface area contributed by atoms with Gasteiger partial charge in [0, 0.05) is 24.6 Å². The molecule has 1 saturated heterocycles. The molecule has 1 fully saturated rings. The van der Waals surface area contributed by atoms with Crippen LogP contribution in [0.5, 0.6) is 0 Å². The summed E-state index contributed by atoms with van der Waals surface area (Å²) in [5, 5.41) is 0. The molecule has 0 aromatic heterocycles. The fourth-order valence-electron chi connectivity index (χ4n) is 2.90. The number of carbonyl (C=O) groups is 1. The Labute approximate surface area is 117 Å². The Balaban J connectivity index is 2.48. The molecule has 1 aliphatic heterocycles. The molecule has 2 unspecified atom stereocenters. The number of nitrogens with two attached hydrogens (primary N) is 1. The number of hydrogen-bond acceptors (Lipinski definition) is 2. The van der Waals surface area contributed by atoms with Gasteiger partial charge in [-0.2, -0.15) is 0 Å². The van der Waals surface area contributed by atoms with Crippen LogP contribution in [0.4, 0.5) is 8.78 Å². The van der Waals surface area contributed by atoms with Gasteiger partial charge >= 0.3 is 0 Å². The van der Waals surface area contributed by atoms with Crippen LogP contribution in [-0.4, -0.2) is 22.9 Å². The summed E-state index contributed by atoms with van der Waals surface area (Å²) in [5.74, 6) is -1.30. The van der Waals surface area contributed by atoms with Crippen LogP contribution in [0.25, 0.3) is 0 Å². The predicted octanol–water partition coefficient (Wildman–Crippen LogP) is 2.75. The molecule has 5 heteroatoms. The van der Waals surface area contributed by atoms with E-state index in [1.54, 1.807) is 4.90 Å². The van der Waals surface area contributed by atoms with Crippen LogP contribution in [0.2, 0.25) is 0 Å². The summed E-state index contributed by atoms with van der Waals surface area (Å²) in [6.45, 7) is 3.77. The van der Waals surface area contributed by atoms with E-state index in [4.69, 9.17) is 5.73 Å². The Bertz CT molecular complexity index is 484. The molecule has 1 heterocycles. The fourth-order valence-corrected chi connectivity index (χ4v) is 2.90. The number of likely N-dealkylation sites (tertiary alicyclic amines) is 1. The summed E-state index contributed by atoms with van der Waals surface area (Å²) in [6.07, 6.45) is 1.80.